The highest BCUT2D eigenvalue weighted by molar-refractivity contribution is 5.59. The minimum Gasteiger partial charge on any atom is -0.495 e. The van der Waals surface area contributed by atoms with Crippen molar-refractivity contribution >= 4 is 5.69 Å². The first-order chi connectivity index (χ1) is 8.92. The van der Waals surface area contributed by atoms with Gasteiger partial charge in [0.25, 0.3) is 0 Å². The summed E-state index contributed by atoms with van der Waals surface area (Å²) < 4.78 is 5.45. The zero-order chi connectivity index (χ0) is 14.5. The molecule has 1 N–H and O–H groups in total. The Morgan fingerprint density at radius 2 is 1.79 bits per heavy atom. The van der Waals surface area contributed by atoms with E-state index < -0.39 is 0 Å². The standard InChI is InChI=1S/C17H29NO/c1-7-13(8-2)12-18-15-11-14(17(3,4)5)9-10-16(15)19-6/h9-11,13,18H,7-8,12H2,1-6H3. The van der Waals surface area contributed by atoms with E-state index in [1.807, 2.05) is 0 Å². The third-order valence-corrected chi connectivity index (χ3v) is 3.80. The van der Waals surface area contributed by atoms with Gasteiger partial charge in [-0.25, -0.2) is 0 Å². The molecule has 0 saturated heterocycles. The molecule has 19 heavy (non-hydrogen) atoms. The maximum atomic E-state index is 5.45. The third kappa shape index (κ3) is 4.45. The Kier molecular flexibility index (Phi) is 5.71. The number of nitrogens with one attached hydrogen (secondary N) is 1. The van der Waals surface area contributed by atoms with Crippen LogP contribution in [0.5, 0.6) is 5.75 Å². The second-order valence-corrected chi connectivity index (χ2v) is 6.23. The van der Waals surface area contributed by atoms with Gasteiger partial charge in [-0.1, -0.05) is 53.5 Å². The molecule has 2 heteroatoms. The van der Waals surface area contributed by atoms with Crippen LogP contribution in [-0.4, -0.2) is 13.7 Å². The zero-order valence-electron chi connectivity index (χ0n) is 13.3. The Bertz CT molecular complexity index is 389. The molecule has 0 aliphatic carbocycles. The molecule has 1 aromatic rings. The molecule has 0 aliphatic rings. The predicted octanol–water partition coefficient (Wildman–Crippen LogP) is 4.84. The molecule has 2 nitrogen and oxygen atoms in total. The van der Waals surface area contributed by atoms with E-state index in [4.69, 9.17) is 4.74 Å². The summed E-state index contributed by atoms with van der Waals surface area (Å²) in [5, 5.41) is 3.55. The van der Waals surface area contributed by atoms with Gasteiger partial charge in [0.2, 0.25) is 0 Å². The van der Waals surface area contributed by atoms with Crippen LogP contribution in [0.1, 0.15) is 53.0 Å². The van der Waals surface area contributed by atoms with Gasteiger partial charge in [-0.05, 0) is 29.0 Å². The fourth-order valence-electron chi connectivity index (χ4n) is 2.14. The van der Waals surface area contributed by atoms with Crippen molar-refractivity contribution in [2.45, 2.75) is 52.9 Å². The summed E-state index contributed by atoms with van der Waals surface area (Å²) in [7, 11) is 1.73. The molecule has 0 bridgehead atoms. The van der Waals surface area contributed by atoms with Crippen LogP contribution in [0.2, 0.25) is 0 Å². The van der Waals surface area contributed by atoms with Gasteiger partial charge >= 0.3 is 0 Å². The van der Waals surface area contributed by atoms with Crippen LogP contribution in [0.4, 0.5) is 5.69 Å². The monoisotopic (exact) mass is 263 g/mol. The minimum atomic E-state index is 0.164. The molecule has 0 amide bonds. The summed E-state index contributed by atoms with van der Waals surface area (Å²) in [5.41, 5.74) is 2.61. The number of ether oxygens (including phenoxy) is 1. The summed E-state index contributed by atoms with van der Waals surface area (Å²) >= 11 is 0. The fraction of sp³-hybridized carbons (Fsp3) is 0.647. The number of hydrogen-bond donors (Lipinski definition) is 1. The van der Waals surface area contributed by atoms with Crippen LogP contribution in [0.15, 0.2) is 18.2 Å². The lowest BCUT2D eigenvalue weighted by Gasteiger charge is -2.22. The number of hydrogen-bond acceptors (Lipinski definition) is 2. The van der Waals surface area contributed by atoms with E-state index in [1.165, 1.54) is 18.4 Å². The van der Waals surface area contributed by atoms with Gasteiger partial charge in [-0.15, -0.1) is 0 Å². The lowest BCUT2D eigenvalue weighted by Crippen LogP contribution is -2.15. The second kappa shape index (κ2) is 6.83. The quantitative estimate of drug-likeness (QED) is 0.793. The van der Waals surface area contributed by atoms with Crippen LogP contribution in [0.25, 0.3) is 0 Å². The maximum absolute atomic E-state index is 5.45. The van der Waals surface area contributed by atoms with E-state index in [1.54, 1.807) is 7.11 Å². The second-order valence-electron chi connectivity index (χ2n) is 6.23. The van der Waals surface area contributed by atoms with Crippen molar-refractivity contribution in [1.29, 1.82) is 0 Å². The summed E-state index contributed by atoms with van der Waals surface area (Å²) in [4.78, 5) is 0. The molecule has 0 unspecified atom stereocenters. The molecule has 0 saturated carbocycles. The SMILES string of the molecule is CCC(CC)CNc1cc(C(C)(C)C)ccc1OC. The minimum absolute atomic E-state index is 0.164. The van der Waals surface area contributed by atoms with Crippen molar-refractivity contribution in [3.8, 4) is 5.75 Å². The van der Waals surface area contributed by atoms with E-state index in [0.717, 1.165) is 23.9 Å². The molecule has 0 fully saturated rings. The van der Waals surface area contributed by atoms with E-state index in [2.05, 4.69) is 58.1 Å². The highest BCUT2D eigenvalue weighted by Crippen LogP contribution is 2.31. The van der Waals surface area contributed by atoms with Gasteiger partial charge in [0.1, 0.15) is 5.75 Å². The van der Waals surface area contributed by atoms with Gasteiger partial charge in [0, 0.05) is 6.54 Å². The summed E-state index contributed by atoms with van der Waals surface area (Å²) in [5.74, 6) is 1.65. The Labute approximate surface area is 118 Å². The third-order valence-electron chi connectivity index (χ3n) is 3.80. The molecule has 0 aliphatic heterocycles. The number of methoxy groups -OCH3 is 1. The lowest BCUT2D eigenvalue weighted by atomic mass is 9.86. The normalized spacial score (nSPS) is 11.7. The Morgan fingerprint density at radius 3 is 2.26 bits per heavy atom. The van der Waals surface area contributed by atoms with Crippen LogP contribution < -0.4 is 10.1 Å². The topological polar surface area (TPSA) is 21.3 Å². The first kappa shape index (κ1) is 15.9. The molecule has 0 heterocycles. The van der Waals surface area contributed by atoms with Crippen LogP contribution in [0.3, 0.4) is 0 Å². The summed E-state index contributed by atoms with van der Waals surface area (Å²) in [6.45, 7) is 12.2. The van der Waals surface area contributed by atoms with Crippen LogP contribution in [-0.2, 0) is 5.41 Å². The molecular formula is C17H29NO. The Hall–Kier alpha value is -1.18. The van der Waals surface area contributed by atoms with E-state index >= 15 is 0 Å². The number of rotatable bonds is 6. The maximum Gasteiger partial charge on any atom is 0.141 e. The molecule has 0 radical (unpaired) electrons. The van der Waals surface area contributed by atoms with Crippen molar-refractivity contribution in [3.05, 3.63) is 23.8 Å². The molecular weight excluding hydrogens is 234 g/mol. The number of anilines is 1. The first-order valence-corrected chi connectivity index (χ1v) is 7.34. The average Bonchev–Trinajstić information content (AvgIpc) is 2.38. The summed E-state index contributed by atoms with van der Waals surface area (Å²) in [6, 6.07) is 6.44. The van der Waals surface area contributed by atoms with Crippen molar-refractivity contribution in [3.63, 3.8) is 0 Å². The largest absolute Gasteiger partial charge is 0.495 e. The fourth-order valence-corrected chi connectivity index (χ4v) is 2.14. The van der Waals surface area contributed by atoms with Gasteiger partial charge in [-0.2, -0.15) is 0 Å². The zero-order valence-corrected chi connectivity index (χ0v) is 13.3. The molecule has 108 valence electrons. The van der Waals surface area contributed by atoms with E-state index in [-0.39, 0.29) is 5.41 Å². The highest BCUT2D eigenvalue weighted by atomic mass is 16.5. The first-order valence-electron chi connectivity index (χ1n) is 7.34. The van der Waals surface area contributed by atoms with Crippen LogP contribution in [0, 0.1) is 5.92 Å². The van der Waals surface area contributed by atoms with Crippen molar-refractivity contribution in [2.24, 2.45) is 5.92 Å². The van der Waals surface area contributed by atoms with Gasteiger partial charge in [0.15, 0.2) is 0 Å². The van der Waals surface area contributed by atoms with E-state index in [0.29, 0.717) is 0 Å². The van der Waals surface area contributed by atoms with Gasteiger partial charge < -0.3 is 10.1 Å². The molecule has 0 atom stereocenters. The molecule has 1 rings (SSSR count). The van der Waals surface area contributed by atoms with Crippen molar-refractivity contribution < 1.29 is 4.74 Å². The molecule has 0 spiro atoms. The molecule has 1 aromatic carbocycles. The van der Waals surface area contributed by atoms with Crippen LogP contribution >= 0.6 is 0 Å². The smallest absolute Gasteiger partial charge is 0.141 e. The van der Waals surface area contributed by atoms with Gasteiger partial charge in [0.05, 0.1) is 12.8 Å². The van der Waals surface area contributed by atoms with Crippen molar-refractivity contribution in [1.82, 2.24) is 0 Å². The van der Waals surface area contributed by atoms with Crippen molar-refractivity contribution in [2.75, 3.05) is 19.0 Å². The Balaban J connectivity index is 2.90. The highest BCUT2D eigenvalue weighted by Gasteiger charge is 2.16. The summed E-state index contributed by atoms with van der Waals surface area (Å²) in [6.07, 6.45) is 2.43. The van der Waals surface area contributed by atoms with Gasteiger partial charge in [-0.3, -0.25) is 0 Å². The predicted molar refractivity (Wildman–Crippen MR) is 84.3 cm³/mol. The Morgan fingerprint density at radius 1 is 1.16 bits per heavy atom. The number of benzene rings is 1. The van der Waals surface area contributed by atoms with E-state index in [9.17, 15) is 0 Å². The molecule has 0 aromatic heterocycles. The lowest BCUT2D eigenvalue weighted by molar-refractivity contribution is 0.415. The average molecular weight is 263 g/mol.